The zero-order valence-electron chi connectivity index (χ0n) is 11.7. The predicted octanol–water partition coefficient (Wildman–Crippen LogP) is 4.63. The van der Waals surface area contributed by atoms with Crippen molar-refractivity contribution in [2.75, 3.05) is 6.61 Å². The summed E-state index contributed by atoms with van der Waals surface area (Å²) >= 11 is 0. The van der Waals surface area contributed by atoms with Gasteiger partial charge in [-0.15, -0.1) is 0 Å². The van der Waals surface area contributed by atoms with Crippen LogP contribution in [0.5, 0.6) is 0 Å². The van der Waals surface area contributed by atoms with Gasteiger partial charge in [0, 0.05) is 6.61 Å². The van der Waals surface area contributed by atoms with Gasteiger partial charge in [-0.25, -0.2) is 0 Å². The lowest BCUT2D eigenvalue weighted by Crippen LogP contribution is -2.51. The molecule has 1 rings (SSSR count). The molecular formula is C14H30OSi. The summed E-state index contributed by atoms with van der Waals surface area (Å²) in [6.45, 7) is 10.3. The van der Waals surface area contributed by atoms with Crippen LogP contribution in [0.4, 0.5) is 0 Å². The number of hydrogen-bond acceptors (Lipinski definition) is 1. The molecule has 1 nitrogen and oxygen atoms in total. The van der Waals surface area contributed by atoms with Crippen molar-refractivity contribution in [3.8, 4) is 0 Å². The quantitative estimate of drug-likeness (QED) is 0.591. The Morgan fingerprint density at radius 2 is 1.50 bits per heavy atom. The molecule has 1 aliphatic carbocycles. The Kier molecular flexibility index (Phi) is 6.05. The van der Waals surface area contributed by atoms with Crippen molar-refractivity contribution in [1.82, 2.24) is 0 Å². The molecule has 0 N–H and O–H groups in total. The summed E-state index contributed by atoms with van der Waals surface area (Å²) in [4.78, 5) is 0. The van der Waals surface area contributed by atoms with E-state index in [2.05, 4.69) is 27.7 Å². The van der Waals surface area contributed by atoms with E-state index < -0.39 is 8.07 Å². The maximum atomic E-state index is 6.23. The fourth-order valence-electron chi connectivity index (χ4n) is 3.61. The Morgan fingerprint density at radius 1 is 1.00 bits per heavy atom. The van der Waals surface area contributed by atoms with Gasteiger partial charge in [-0.2, -0.15) is 0 Å². The van der Waals surface area contributed by atoms with Crippen LogP contribution in [0.1, 0.15) is 53.4 Å². The monoisotopic (exact) mass is 242 g/mol. The van der Waals surface area contributed by atoms with E-state index in [0.29, 0.717) is 5.73 Å². The molecule has 0 aromatic rings. The van der Waals surface area contributed by atoms with E-state index in [4.69, 9.17) is 4.74 Å². The standard InChI is InChI=1S/C14H30OSi/c1-5-15-14(13-11-9-10-12-13)16(6-2,7-3)8-4/h13-14H,5-12H2,1-4H3. The second kappa shape index (κ2) is 6.80. The third-order valence-electron chi connectivity index (χ3n) is 4.89. The number of rotatable bonds is 7. The Morgan fingerprint density at radius 3 is 1.88 bits per heavy atom. The molecule has 16 heavy (non-hydrogen) atoms. The number of ether oxygens (including phenoxy) is 1. The highest BCUT2D eigenvalue weighted by Crippen LogP contribution is 2.38. The van der Waals surface area contributed by atoms with Gasteiger partial charge in [0.25, 0.3) is 0 Å². The summed E-state index contributed by atoms with van der Waals surface area (Å²) in [5, 5.41) is 0. The van der Waals surface area contributed by atoms with E-state index in [1.54, 1.807) is 0 Å². The third-order valence-corrected chi connectivity index (χ3v) is 11.0. The second-order valence-corrected chi connectivity index (χ2v) is 10.8. The first-order valence-electron chi connectivity index (χ1n) is 7.35. The van der Waals surface area contributed by atoms with E-state index in [9.17, 15) is 0 Å². The molecule has 1 atom stereocenters. The molecule has 96 valence electrons. The molecular weight excluding hydrogens is 212 g/mol. The largest absolute Gasteiger partial charge is 0.382 e. The van der Waals surface area contributed by atoms with E-state index in [1.165, 1.54) is 43.8 Å². The fourth-order valence-corrected chi connectivity index (χ4v) is 8.17. The molecule has 0 spiro atoms. The average molecular weight is 242 g/mol. The first kappa shape index (κ1) is 14.2. The summed E-state index contributed by atoms with van der Waals surface area (Å²) < 4.78 is 6.23. The first-order chi connectivity index (χ1) is 7.74. The van der Waals surface area contributed by atoms with Crippen LogP contribution in [0.15, 0.2) is 0 Å². The van der Waals surface area contributed by atoms with Crippen LogP contribution in [-0.4, -0.2) is 20.4 Å². The first-order valence-corrected chi connectivity index (χ1v) is 10.1. The third kappa shape index (κ3) is 2.89. The summed E-state index contributed by atoms with van der Waals surface area (Å²) in [6.07, 6.45) is 5.74. The van der Waals surface area contributed by atoms with Crippen LogP contribution in [-0.2, 0) is 4.74 Å². The molecule has 1 aliphatic rings. The summed E-state index contributed by atoms with van der Waals surface area (Å²) in [6, 6.07) is 4.21. The molecule has 0 heterocycles. The lowest BCUT2D eigenvalue weighted by Gasteiger charge is -2.40. The lowest BCUT2D eigenvalue weighted by atomic mass is 10.1. The van der Waals surface area contributed by atoms with Gasteiger partial charge in [0.2, 0.25) is 0 Å². The zero-order chi connectivity index (χ0) is 12.0. The van der Waals surface area contributed by atoms with Crippen molar-refractivity contribution < 1.29 is 4.74 Å². The Labute approximate surface area is 103 Å². The van der Waals surface area contributed by atoms with E-state index in [1.807, 2.05) is 0 Å². The van der Waals surface area contributed by atoms with Gasteiger partial charge in [0.05, 0.1) is 13.8 Å². The summed E-state index contributed by atoms with van der Waals surface area (Å²) in [7, 11) is -1.16. The number of hydrogen-bond donors (Lipinski definition) is 0. The molecule has 0 bridgehead atoms. The molecule has 1 saturated carbocycles. The average Bonchev–Trinajstić information content (AvgIpc) is 2.84. The maximum Gasteiger partial charge on any atom is 0.0872 e. The molecule has 0 amide bonds. The molecule has 0 aromatic carbocycles. The highest BCUT2D eigenvalue weighted by Gasteiger charge is 2.42. The van der Waals surface area contributed by atoms with Gasteiger partial charge in [0.1, 0.15) is 0 Å². The van der Waals surface area contributed by atoms with Crippen LogP contribution < -0.4 is 0 Å². The van der Waals surface area contributed by atoms with Crippen molar-refractivity contribution >= 4 is 8.07 Å². The van der Waals surface area contributed by atoms with Gasteiger partial charge >= 0.3 is 0 Å². The minimum absolute atomic E-state index is 0.653. The van der Waals surface area contributed by atoms with Crippen molar-refractivity contribution in [3.05, 3.63) is 0 Å². The second-order valence-electron chi connectivity index (χ2n) is 5.34. The smallest absolute Gasteiger partial charge is 0.0872 e. The predicted molar refractivity (Wildman–Crippen MR) is 74.6 cm³/mol. The summed E-state index contributed by atoms with van der Waals surface area (Å²) in [5.41, 5.74) is 0.653. The highest BCUT2D eigenvalue weighted by molar-refractivity contribution is 6.80. The van der Waals surface area contributed by atoms with Crippen molar-refractivity contribution in [3.63, 3.8) is 0 Å². The van der Waals surface area contributed by atoms with Gasteiger partial charge in [-0.3, -0.25) is 0 Å². The molecule has 2 heteroatoms. The van der Waals surface area contributed by atoms with Crippen LogP contribution in [0.2, 0.25) is 18.1 Å². The zero-order valence-corrected chi connectivity index (χ0v) is 12.7. The van der Waals surface area contributed by atoms with Crippen molar-refractivity contribution in [1.29, 1.82) is 0 Å². The van der Waals surface area contributed by atoms with Gasteiger partial charge in [0.15, 0.2) is 0 Å². The van der Waals surface area contributed by atoms with E-state index in [-0.39, 0.29) is 0 Å². The Balaban J connectivity index is 2.79. The van der Waals surface area contributed by atoms with E-state index >= 15 is 0 Å². The highest BCUT2D eigenvalue weighted by atomic mass is 28.3. The molecule has 1 fully saturated rings. The molecule has 1 unspecified atom stereocenters. The lowest BCUT2D eigenvalue weighted by molar-refractivity contribution is 0.0691. The maximum absolute atomic E-state index is 6.23. The SMILES string of the molecule is CCOC(C1CCCC1)[Si](CC)(CC)CC. The minimum Gasteiger partial charge on any atom is -0.382 e. The van der Waals surface area contributed by atoms with Crippen LogP contribution in [0.3, 0.4) is 0 Å². The fraction of sp³-hybridized carbons (Fsp3) is 1.00. The van der Waals surface area contributed by atoms with Gasteiger partial charge < -0.3 is 4.74 Å². The van der Waals surface area contributed by atoms with Gasteiger partial charge in [-0.1, -0.05) is 51.7 Å². The minimum atomic E-state index is -1.16. The van der Waals surface area contributed by atoms with Crippen molar-refractivity contribution in [2.24, 2.45) is 5.92 Å². The van der Waals surface area contributed by atoms with Crippen LogP contribution in [0.25, 0.3) is 0 Å². The molecule has 0 radical (unpaired) electrons. The topological polar surface area (TPSA) is 9.23 Å². The van der Waals surface area contributed by atoms with Crippen LogP contribution in [0, 0.1) is 5.92 Å². The normalized spacial score (nSPS) is 20.2. The Bertz CT molecular complexity index is 175. The van der Waals surface area contributed by atoms with Crippen molar-refractivity contribution in [2.45, 2.75) is 77.2 Å². The molecule has 0 aromatic heterocycles. The molecule has 0 aliphatic heterocycles. The Hall–Kier alpha value is 0.177. The summed E-state index contributed by atoms with van der Waals surface area (Å²) in [5.74, 6) is 0.895. The van der Waals surface area contributed by atoms with Crippen LogP contribution >= 0.6 is 0 Å². The van der Waals surface area contributed by atoms with E-state index in [0.717, 1.165) is 12.5 Å². The van der Waals surface area contributed by atoms with Gasteiger partial charge in [-0.05, 0) is 25.7 Å². The molecule has 0 saturated heterocycles.